The molecule has 1 aromatic carbocycles. The van der Waals surface area contributed by atoms with Crippen molar-refractivity contribution in [2.24, 2.45) is 0 Å². The Morgan fingerprint density at radius 1 is 1.07 bits per heavy atom. The lowest BCUT2D eigenvalue weighted by molar-refractivity contribution is 0.171. The Hall–Kier alpha value is -2.78. The van der Waals surface area contributed by atoms with Crippen molar-refractivity contribution in [3.8, 4) is 11.5 Å². The van der Waals surface area contributed by atoms with E-state index in [0.29, 0.717) is 62.6 Å². The monoisotopic (exact) mass is 375 g/mol. The molecule has 0 spiro atoms. The van der Waals surface area contributed by atoms with Gasteiger partial charge in [-0.25, -0.2) is 9.97 Å². The average molecular weight is 375 g/mol. The number of nitrogens with one attached hydrogen (secondary N) is 1. The number of nitrogens with two attached hydrogens (primary N) is 1. The second kappa shape index (κ2) is 9.24. The molecule has 9 heteroatoms. The molecule has 0 saturated carbocycles. The minimum absolute atomic E-state index is 0.458. The molecule has 1 aliphatic heterocycles. The van der Waals surface area contributed by atoms with E-state index in [1.165, 1.54) is 6.33 Å². The van der Waals surface area contributed by atoms with Crippen molar-refractivity contribution >= 4 is 23.0 Å². The van der Waals surface area contributed by atoms with Gasteiger partial charge in [-0.15, -0.1) is 0 Å². The summed E-state index contributed by atoms with van der Waals surface area (Å²) in [6.07, 6.45) is 1.48. The van der Waals surface area contributed by atoms with Gasteiger partial charge in [-0.1, -0.05) is 0 Å². The van der Waals surface area contributed by atoms with Crippen LogP contribution in [0.5, 0.6) is 11.5 Å². The lowest BCUT2D eigenvalue weighted by Crippen LogP contribution is -2.32. The first-order chi connectivity index (χ1) is 13.2. The van der Waals surface area contributed by atoms with Crippen LogP contribution in [-0.4, -0.2) is 63.7 Å². The Kier molecular flexibility index (Phi) is 6.50. The highest BCUT2D eigenvalue weighted by Crippen LogP contribution is 2.35. The van der Waals surface area contributed by atoms with E-state index in [1.54, 1.807) is 14.2 Å². The van der Waals surface area contributed by atoms with Crippen molar-refractivity contribution in [3.05, 3.63) is 24.5 Å². The molecule has 0 bridgehead atoms. The van der Waals surface area contributed by atoms with Crippen LogP contribution in [0.15, 0.2) is 24.5 Å². The van der Waals surface area contributed by atoms with Crippen LogP contribution in [-0.2, 0) is 9.47 Å². The topological polar surface area (TPSA) is 104 Å². The number of rotatable bonds is 9. The minimum atomic E-state index is 0.458. The molecule has 0 atom stereocenters. The molecule has 9 nitrogen and oxygen atoms in total. The van der Waals surface area contributed by atoms with Crippen LogP contribution in [0.2, 0.25) is 0 Å². The summed E-state index contributed by atoms with van der Waals surface area (Å²) in [6, 6.07) is 5.62. The van der Waals surface area contributed by atoms with Crippen LogP contribution in [0, 0.1) is 0 Å². The zero-order valence-electron chi connectivity index (χ0n) is 15.6. The summed E-state index contributed by atoms with van der Waals surface area (Å²) in [5, 5.41) is 3.23. The molecule has 146 valence electrons. The SMILES string of the molecule is COCCN(CCOC)c1ncnc(Nc2ccc3c(c2)OCCO3)c1N. The van der Waals surface area contributed by atoms with Gasteiger partial charge in [-0.3, -0.25) is 0 Å². The summed E-state index contributed by atoms with van der Waals surface area (Å²) >= 11 is 0. The zero-order valence-corrected chi connectivity index (χ0v) is 15.6. The van der Waals surface area contributed by atoms with E-state index in [1.807, 2.05) is 23.1 Å². The van der Waals surface area contributed by atoms with Crippen molar-refractivity contribution < 1.29 is 18.9 Å². The minimum Gasteiger partial charge on any atom is -0.486 e. The van der Waals surface area contributed by atoms with Gasteiger partial charge in [0.05, 0.1) is 13.2 Å². The fraction of sp³-hybridized carbons (Fsp3) is 0.444. The number of methoxy groups -OCH3 is 2. The molecular weight excluding hydrogens is 350 g/mol. The van der Waals surface area contributed by atoms with E-state index in [-0.39, 0.29) is 0 Å². The summed E-state index contributed by atoms with van der Waals surface area (Å²) < 4.78 is 21.5. The number of anilines is 4. The standard InChI is InChI=1S/C18H25N5O4/c1-24-7-5-23(6-8-25-2)18-16(19)17(20-12-21-18)22-13-3-4-14-15(11-13)27-10-9-26-14/h3-4,11-12H,5-10,19H2,1-2H3,(H,20,21,22). The van der Waals surface area contributed by atoms with E-state index in [4.69, 9.17) is 24.7 Å². The number of benzene rings is 1. The number of nitrogens with zero attached hydrogens (tertiary/aromatic N) is 3. The molecule has 0 fully saturated rings. The molecule has 2 heterocycles. The molecule has 0 aliphatic carbocycles. The number of ether oxygens (including phenoxy) is 4. The van der Waals surface area contributed by atoms with Gasteiger partial charge < -0.3 is 34.9 Å². The number of hydrogen-bond acceptors (Lipinski definition) is 9. The van der Waals surface area contributed by atoms with Crippen LogP contribution < -0.4 is 25.4 Å². The highest BCUT2D eigenvalue weighted by Gasteiger charge is 2.17. The van der Waals surface area contributed by atoms with E-state index in [2.05, 4.69) is 15.3 Å². The molecular formula is C18H25N5O4. The second-order valence-corrected chi connectivity index (χ2v) is 5.92. The molecule has 2 aromatic rings. The zero-order chi connectivity index (χ0) is 19.1. The molecule has 0 unspecified atom stereocenters. The van der Waals surface area contributed by atoms with Crippen molar-refractivity contribution in [2.75, 3.05) is 69.7 Å². The lowest BCUT2D eigenvalue weighted by Gasteiger charge is -2.25. The predicted molar refractivity (Wildman–Crippen MR) is 103 cm³/mol. The highest BCUT2D eigenvalue weighted by molar-refractivity contribution is 5.78. The first kappa shape index (κ1) is 19.0. The summed E-state index contributed by atoms with van der Waals surface area (Å²) in [6.45, 7) is 3.48. The number of fused-ring (bicyclic) bond motifs is 1. The van der Waals surface area contributed by atoms with Gasteiger partial charge in [-0.05, 0) is 12.1 Å². The van der Waals surface area contributed by atoms with E-state index < -0.39 is 0 Å². The largest absolute Gasteiger partial charge is 0.486 e. The second-order valence-electron chi connectivity index (χ2n) is 5.92. The van der Waals surface area contributed by atoms with Crippen molar-refractivity contribution in [1.29, 1.82) is 0 Å². The van der Waals surface area contributed by atoms with Crippen LogP contribution in [0.25, 0.3) is 0 Å². The maximum atomic E-state index is 6.35. The Morgan fingerprint density at radius 3 is 2.48 bits per heavy atom. The van der Waals surface area contributed by atoms with Gasteiger partial charge in [0.15, 0.2) is 23.1 Å². The van der Waals surface area contributed by atoms with E-state index in [9.17, 15) is 0 Å². The number of hydrogen-bond donors (Lipinski definition) is 2. The maximum Gasteiger partial charge on any atom is 0.163 e. The first-order valence-corrected chi connectivity index (χ1v) is 8.73. The number of aromatic nitrogens is 2. The van der Waals surface area contributed by atoms with Gasteiger partial charge in [0.25, 0.3) is 0 Å². The van der Waals surface area contributed by atoms with Crippen molar-refractivity contribution in [2.45, 2.75) is 0 Å². The number of nitrogen functional groups attached to an aromatic ring is 1. The fourth-order valence-corrected chi connectivity index (χ4v) is 2.72. The molecule has 0 radical (unpaired) electrons. The normalized spacial score (nSPS) is 12.7. The quantitative estimate of drug-likeness (QED) is 0.677. The van der Waals surface area contributed by atoms with Gasteiger partial charge in [0.2, 0.25) is 0 Å². The van der Waals surface area contributed by atoms with E-state index >= 15 is 0 Å². The molecule has 1 aromatic heterocycles. The summed E-state index contributed by atoms with van der Waals surface area (Å²) in [5.74, 6) is 2.59. The average Bonchev–Trinajstić information content (AvgIpc) is 2.70. The Bertz CT molecular complexity index is 751. The Morgan fingerprint density at radius 2 is 1.78 bits per heavy atom. The van der Waals surface area contributed by atoms with Crippen LogP contribution in [0.4, 0.5) is 23.0 Å². The molecule has 3 rings (SSSR count). The molecule has 1 aliphatic rings. The van der Waals surface area contributed by atoms with Crippen LogP contribution in [0.1, 0.15) is 0 Å². The van der Waals surface area contributed by atoms with Crippen LogP contribution in [0.3, 0.4) is 0 Å². The predicted octanol–water partition coefficient (Wildman–Crippen LogP) is 1.67. The van der Waals surface area contributed by atoms with Gasteiger partial charge in [0, 0.05) is 39.1 Å². The molecule has 3 N–H and O–H groups in total. The van der Waals surface area contributed by atoms with Gasteiger partial charge >= 0.3 is 0 Å². The van der Waals surface area contributed by atoms with Gasteiger partial charge in [0.1, 0.15) is 25.2 Å². The summed E-state index contributed by atoms with van der Waals surface area (Å²) in [4.78, 5) is 10.6. The summed E-state index contributed by atoms with van der Waals surface area (Å²) in [7, 11) is 3.32. The van der Waals surface area contributed by atoms with Crippen LogP contribution >= 0.6 is 0 Å². The lowest BCUT2D eigenvalue weighted by atomic mass is 10.2. The van der Waals surface area contributed by atoms with E-state index in [0.717, 1.165) is 11.4 Å². The molecule has 0 saturated heterocycles. The highest BCUT2D eigenvalue weighted by atomic mass is 16.6. The smallest absolute Gasteiger partial charge is 0.163 e. The summed E-state index contributed by atoms with van der Waals surface area (Å²) in [5.41, 5.74) is 7.61. The van der Waals surface area contributed by atoms with Crippen molar-refractivity contribution in [3.63, 3.8) is 0 Å². The fourth-order valence-electron chi connectivity index (χ4n) is 2.72. The van der Waals surface area contributed by atoms with Crippen molar-refractivity contribution in [1.82, 2.24) is 9.97 Å². The molecule has 0 amide bonds. The third kappa shape index (κ3) is 4.69. The Labute approximate surface area is 158 Å². The third-order valence-electron chi connectivity index (χ3n) is 4.10. The third-order valence-corrected chi connectivity index (χ3v) is 4.10. The maximum absolute atomic E-state index is 6.35. The molecule has 27 heavy (non-hydrogen) atoms. The first-order valence-electron chi connectivity index (χ1n) is 8.73. The Balaban J connectivity index is 1.81. The van der Waals surface area contributed by atoms with Gasteiger partial charge in [-0.2, -0.15) is 0 Å².